The number of methoxy groups -OCH3 is 1. The SMILES string of the molecule is COC(=O)c1ccc(S(C)(=O)=O)c(C=O)c1C. The first-order chi connectivity index (χ1) is 7.82. The van der Waals surface area contributed by atoms with E-state index in [0.29, 0.717) is 11.8 Å². The lowest BCUT2D eigenvalue weighted by atomic mass is 10.0. The highest BCUT2D eigenvalue weighted by Crippen LogP contribution is 2.21. The van der Waals surface area contributed by atoms with Gasteiger partial charge in [0, 0.05) is 11.8 Å². The molecule has 6 heteroatoms. The van der Waals surface area contributed by atoms with Gasteiger partial charge in [-0.05, 0) is 24.6 Å². The Balaban J connectivity index is 3.59. The lowest BCUT2D eigenvalue weighted by Crippen LogP contribution is -2.10. The summed E-state index contributed by atoms with van der Waals surface area (Å²) in [5, 5.41) is 0. The zero-order valence-electron chi connectivity index (χ0n) is 9.68. The number of hydrogen-bond acceptors (Lipinski definition) is 5. The number of esters is 1. The molecule has 0 aromatic heterocycles. The van der Waals surface area contributed by atoms with Gasteiger partial charge < -0.3 is 4.74 Å². The molecule has 0 N–H and O–H groups in total. The fraction of sp³-hybridized carbons (Fsp3) is 0.273. The van der Waals surface area contributed by atoms with E-state index >= 15 is 0 Å². The van der Waals surface area contributed by atoms with Crippen LogP contribution < -0.4 is 0 Å². The minimum absolute atomic E-state index is 0.00426. The fourth-order valence-electron chi connectivity index (χ4n) is 1.50. The van der Waals surface area contributed by atoms with E-state index < -0.39 is 15.8 Å². The Morgan fingerprint density at radius 2 is 1.94 bits per heavy atom. The van der Waals surface area contributed by atoms with E-state index in [1.807, 2.05) is 0 Å². The van der Waals surface area contributed by atoms with Crippen molar-refractivity contribution in [2.24, 2.45) is 0 Å². The second-order valence-electron chi connectivity index (χ2n) is 3.53. The minimum Gasteiger partial charge on any atom is -0.465 e. The minimum atomic E-state index is -3.50. The van der Waals surface area contributed by atoms with Crippen LogP contribution in [0.1, 0.15) is 26.3 Å². The van der Waals surface area contributed by atoms with Crippen molar-refractivity contribution in [3.8, 4) is 0 Å². The van der Waals surface area contributed by atoms with Crippen molar-refractivity contribution in [1.29, 1.82) is 0 Å². The van der Waals surface area contributed by atoms with Gasteiger partial charge in [0.05, 0.1) is 17.6 Å². The van der Waals surface area contributed by atoms with Gasteiger partial charge in [0.2, 0.25) is 0 Å². The maximum atomic E-state index is 11.4. The Morgan fingerprint density at radius 1 is 1.35 bits per heavy atom. The highest BCUT2D eigenvalue weighted by molar-refractivity contribution is 7.90. The van der Waals surface area contributed by atoms with Crippen LogP contribution >= 0.6 is 0 Å². The van der Waals surface area contributed by atoms with E-state index in [0.717, 1.165) is 6.26 Å². The molecule has 0 fully saturated rings. The number of aldehydes is 1. The molecule has 17 heavy (non-hydrogen) atoms. The topological polar surface area (TPSA) is 77.5 Å². The first-order valence-corrected chi connectivity index (χ1v) is 6.59. The number of carbonyl (C=O) groups is 2. The number of rotatable bonds is 3. The summed E-state index contributed by atoms with van der Waals surface area (Å²) < 4.78 is 27.4. The van der Waals surface area contributed by atoms with Gasteiger partial charge in [-0.1, -0.05) is 0 Å². The van der Waals surface area contributed by atoms with Crippen LogP contribution in [0.25, 0.3) is 0 Å². The van der Waals surface area contributed by atoms with Crippen molar-refractivity contribution in [2.75, 3.05) is 13.4 Å². The fourth-order valence-corrected chi connectivity index (χ4v) is 2.42. The summed E-state index contributed by atoms with van der Waals surface area (Å²) in [7, 11) is -2.29. The summed E-state index contributed by atoms with van der Waals surface area (Å²) in [6.45, 7) is 1.50. The van der Waals surface area contributed by atoms with Crippen molar-refractivity contribution < 1.29 is 22.7 Å². The molecule has 5 nitrogen and oxygen atoms in total. The summed E-state index contributed by atoms with van der Waals surface area (Å²) in [6, 6.07) is 2.57. The highest BCUT2D eigenvalue weighted by Gasteiger charge is 2.20. The van der Waals surface area contributed by atoms with Crippen LogP contribution in [-0.4, -0.2) is 34.0 Å². The Labute approximate surface area is 99.3 Å². The lowest BCUT2D eigenvalue weighted by molar-refractivity contribution is 0.0599. The molecule has 0 saturated heterocycles. The summed E-state index contributed by atoms with van der Waals surface area (Å²) in [6.07, 6.45) is 1.44. The maximum absolute atomic E-state index is 11.4. The molecule has 0 heterocycles. The zero-order chi connectivity index (χ0) is 13.2. The van der Waals surface area contributed by atoms with Crippen LogP contribution in [0.5, 0.6) is 0 Å². The highest BCUT2D eigenvalue weighted by atomic mass is 32.2. The van der Waals surface area contributed by atoms with E-state index in [9.17, 15) is 18.0 Å². The Bertz CT molecular complexity index is 572. The van der Waals surface area contributed by atoms with E-state index in [2.05, 4.69) is 4.74 Å². The molecule has 0 saturated carbocycles. The number of carbonyl (C=O) groups excluding carboxylic acids is 2. The quantitative estimate of drug-likeness (QED) is 0.595. The van der Waals surface area contributed by atoms with Crippen LogP contribution in [0.2, 0.25) is 0 Å². The second kappa shape index (κ2) is 4.67. The molecule has 1 aromatic carbocycles. The average Bonchev–Trinajstić information content (AvgIpc) is 2.26. The first-order valence-electron chi connectivity index (χ1n) is 4.70. The largest absolute Gasteiger partial charge is 0.465 e. The predicted octanol–water partition coefficient (Wildman–Crippen LogP) is 0.998. The zero-order valence-corrected chi connectivity index (χ0v) is 10.5. The molecule has 0 aliphatic carbocycles. The molecule has 0 unspecified atom stereocenters. The Kier molecular flexibility index (Phi) is 3.67. The third-order valence-corrected chi connectivity index (χ3v) is 3.55. The van der Waals surface area contributed by atoms with Crippen molar-refractivity contribution in [1.82, 2.24) is 0 Å². The molecule has 0 spiro atoms. The molecule has 0 aliphatic rings. The summed E-state index contributed by atoms with van der Waals surface area (Å²) in [5.74, 6) is -0.606. The molecule has 0 atom stereocenters. The number of sulfone groups is 1. The van der Waals surface area contributed by atoms with Crippen molar-refractivity contribution in [3.05, 3.63) is 28.8 Å². The van der Waals surface area contributed by atoms with Gasteiger partial charge in [0.15, 0.2) is 16.1 Å². The van der Waals surface area contributed by atoms with Crippen molar-refractivity contribution >= 4 is 22.1 Å². The predicted molar refractivity (Wildman–Crippen MR) is 61.0 cm³/mol. The smallest absolute Gasteiger partial charge is 0.338 e. The molecular formula is C11H12O5S. The third kappa shape index (κ3) is 2.52. The van der Waals surface area contributed by atoms with Gasteiger partial charge in [-0.25, -0.2) is 13.2 Å². The number of benzene rings is 1. The molecule has 0 radical (unpaired) electrons. The van der Waals surface area contributed by atoms with E-state index in [1.165, 1.54) is 26.2 Å². The standard InChI is InChI=1S/C11H12O5S/c1-7-8(11(13)16-2)4-5-10(9(7)6-12)17(3,14)15/h4-6H,1-3H3. The lowest BCUT2D eigenvalue weighted by Gasteiger charge is -2.09. The molecule has 0 bridgehead atoms. The van der Waals surface area contributed by atoms with Crippen molar-refractivity contribution in [2.45, 2.75) is 11.8 Å². The number of hydrogen-bond donors (Lipinski definition) is 0. The van der Waals surface area contributed by atoms with E-state index in [-0.39, 0.29) is 16.0 Å². The van der Waals surface area contributed by atoms with Gasteiger partial charge in [-0.15, -0.1) is 0 Å². The summed E-state index contributed by atoms with van der Waals surface area (Å²) >= 11 is 0. The molecule has 92 valence electrons. The summed E-state index contributed by atoms with van der Waals surface area (Å²) in [5.41, 5.74) is 0.479. The van der Waals surface area contributed by atoms with Crippen LogP contribution in [-0.2, 0) is 14.6 Å². The molecule has 1 aromatic rings. The van der Waals surface area contributed by atoms with E-state index in [1.54, 1.807) is 0 Å². The Morgan fingerprint density at radius 3 is 2.35 bits per heavy atom. The summed E-state index contributed by atoms with van der Waals surface area (Å²) in [4.78, 5) is 22.2. The van der Waals surface area contributed by atoms with Crippen LogP contribution in [0.4, 0.5) is 0 Å². The van der Waals surface area contributed by atoms with E-state index in [4.69, 9.17) is 0 Å². The van der Waals surface area contributed by atoms with Gasteiger partial charge in [-0.3, -0.25) is 4.79 Å². The normalized spacial score (nSPS) is 11.0. The molecule has 1 rings (SSSR count). The molecular weight excluding hydrogens is 244 g/mol. The Hall–Kier alpha value is -1.69. The second-order valence-corrected chi connectivity index (χ2v) is 5.52. The van der Waals surface area contributed by atoms with Crippen LogP contribution in [0.15, 0.2) is 17.0 Å². The van der Waals surface area contributed by atoms with Gasteiger partial charge in [0.25, 0.3) is 0 Å². The monoisotopic (exact) mass is 256 g/mol. The number of ether oxygens (including phenoxy) is 1. The van der Waals surface area contributed by atoms with Crippen LogP contribution in [0.3, 0.4) is 0 Å². The maximum Gasteiger partial charge on any atom is 0.338 e. The van der Waals surface area contributed by atoms with Gasteiger partial charge in [-0.2, -0.15) is 0 Å². The van der Waals surface area contributed by atoms with Crippen molar-refractivity contribution in [3.63, 3.8) is 0 Å². The van der Waals surface area contributed by atoms with Gasteiger partial charge in [0.1, 0.15) is 0 Å². The first kappa shape index (κ1) is 13.4. The van der Waals surface area contributed by atoms with Gasteiger partial charge >= 0.3 is 5.97 Å². The molecule has 0 aliphatic heterocycles. The molecule has 0 amide bonds. The van der Waals surface area contributed by atoms with Crippen LogP contribution in [0, 0.1) is 6.92 Å². The third-order valence-electron chi connectivity index (χ3n) is 2.40. The average molecular weight is 256 g/mol.